The van der Waals surface area contributed by atoms with Crippen LogP contribution in [0.3, 0.4) is 0 Å². The number of nitrogens with zero attached hydrogens (tertiary/aromatic N) is 1. The van der Waals surface area contributed by atoms with Gasteiger partial charge in [0.05, 0.1) is 13.0 Å². The first-order valence-corrected chi connectivity index (χ1v) is 11.1. The number of aryl methyl sites for hydroxylation is 2. The largest absolute Gasteiger partial charge is 0.497 e. The molecular weight excluding hydrogens is 430 g/mol. The van der Waals surface area contributed by atoms with Crippen molar-refractivity contribution < 1.29 is 19.1 Å². The average Bonchev–Trinajstić information content (AvgIpc) is 3.23. The standard InChI is InChI=1S/C27H27N3O4/c1-17-10-11-24(18(2)12-17)29-26(32)19-6-4-7-21(13-19)28-27(33)20-14-25(31)30(16-20)22-8-5-9-23(15-22)34-3/h4-13,15,20H,14,16H2,1-3H3,(H,28,33)(H,29,32)/t20-/m0/s1. The molecule has 1 saturated heterocycles. The molecule has 1 heterocycles. The molecule has 0 aromatic heterocycles. The summed E-state index contributed by atoms with van der Waals surface area (Å²) >= 11 is 0. The van der Waals surface area contributed by atoms with E-state index in [4.69, 9.17) is 4.74 Å². The van der Waals surface area contributed by atoms with Crippen molar-refractivity contribution >= 4 is 34.8 Å². The van der Waals surface area contributed by atoms with Gasteiger partial charge in [-0.1, -0.05) is 29.8 Å². The molecule has 1 atom stereocenters. The van der Waals surface area contributed by atoms with Crippen LogP contribution in [0.15, 0.2) is 66.7 Å². The van der Waals surface area contributed by atoms with Crippen LogP contribution in [0.4, 0.5) is 17.1 Å². The van der Waals surface area contributed by atoms with E-state index in [0.717, 1.165) is 16.8 Å². The van der Waals surface area contributed by atoms with Gasteiger partial charge >= 0.3 is 0 Å². The van der Waals surface area contributed by atoms with Gasteiger partial charge in [0.1, 0.15) is 5.75 Å². The van der Waals surface area contributed by atoms with Gasteiger partial charge in [-0.15, -0.1) is 0 Å². The first kappa shape index (κ1) is 23.0. The smallest absolute Gasteiger partial charge is 0.255 e. The van der Waals surface area contributed by atoms with E-state index in [1.807, 2.05) is 44.2 Å². The molecule has 2 N–H and O–H groups in total. The van der Waals surface area contributed by atoms with Gasteiger partial charge in [-0.25, -0.2) is 0 Å². The van der Waals surface area contributed by atoms with Gasteiger partial charge < -0.3 is 20.3 Å². The number of hydrogen-bond acceptors (Lipinski definition) is 4. The lowest BCUT2D eigenvalue weighted by Crippen LogP contribution is -2.28. The normalized spacial score (nSPS) is 15.2. The summed E-state index contributed by atoms with van der Waals surface area (Å²) in [6.07, 6.45) is 0.121. The Morgan fingerprint density at radius 1 is 0.971 bits per heavy atom. The van der Waals surface area contributed by atoms with Gasteiger partial charge in [0.25, 0.3) is 5.91 Å². The number of anilines is 3. The summed E-state index contributed by atoms with van der Waals surface area (Å²) in [6, 6.07) is 19.8. The molecule has 0 radical (unpaired) electrons. The minimum absolute atomic E-state index is 0.116. The molecule has 3 amide bonds. The Labute approximate surface area is 198 Å². The van der Waals surface area contributed by atoms with E-state index in [2.05, 4.69) is 10.6 Å². The molecule has 0 spiro atoms. The SMILES string of the molecule is COc1cccc(N2C[C@@H](C(=O)Nc3cccc(C(=O)Nc4ccc(C)cc4C)c3)CC2=O)c1. The summed E-state index contributed by atoms with van der Waals surface area (Å²) in [6.45, 7) is 4.22. The molecule has 3 aromatic carbocycles. The Morgan fingerprint density at radius 2 is 1.76 bits per heavy atom. The van der Waals surface area contributed by atoms with Crippen LogP contribution in [0.25, 0.3) is 0 Å². The molecule has 174 valence electrons. The molecular formula is C27H27N3O4. The van der Waals surface area contributed by atoms with Crippen molar-refractivity contribution in [3.63, 3.8) is 0 Å². The molecule has 0 saturated carbocycles. The Balaban J connectivity index is 1.42. The third-order valence-corrected chi connectivity index (χ3v) is 5.88. The Morgan fingerprint density at radius 3 is 2.53 bits per heavy atom. The summed E-state index contributed by atoms with van der Waals surface area (Å²) in [7, 11) is 1.57. The number of benzene rings is 3. The number of methoxy groups -OCH3 is 1. The van der Waals surface area contributed by atoms with E-state index >= 15 is 0 Å². The molecule has 7 nitrogen and oxygen atoms in total. The van der Waals surface area contributed by atoms with Crippen molar-refractivity contribution in [3.05, 3.63) is 83.4 Å². The highest BCUT2D eigenvalue weighted by atomic mass is 16.5. The van der Waals surface area contributed by atoms with Crippen LogP contribution in [-0.4, -0.2) is 31.4 Å². The second-order valence-corrected chi connectivity index (χ2v) is 8.45. The molecule has 3 aromatic rings. The van der Waals surface area contributed by atoms with Gasteiger partial charge in [-0.05, 0) is 55.8 Å². The molecule has 4 rings (SSSR count). The quantitative estimate of drug-likeness (QED) is 0.568. The second-order valence-electron chi connectivity index (χ2n) is 8.45. The molecule has 1 aliphatic rings. The van der Waals surface area contributed by atoms with Crippen LogP contribution in [0.1, 0.15) is 27.9 Å². The average molecular weight is 458 g/mol. The highest BCUT2D eigenvalue weighted by Gasteiger charge is 2.35. The molecule has 0 unspecified atom stereocenters. The highest BCUT2D eigenvalue weighted by molar-refractivity contribution is 6.06. The summed E-state index contributed by atoms with van der Waals surface area (Å²) in [4.78, 5) is 39.8. The maximum atomic E-state index is 12.9. The molecule has 34 heavy (non-hydrogen) atoms. The molecule has 7 heteroatoms. The number of carbonyl (C=O) groups excluding carboxylic acids is 3. The second kappa shape index (κ2) is 9.79. The number of amides is 3. The van der Waals surface area contributed by atoms with Crippen molar-refractivity contribution in [2.24, 2.45) is 5.92 Å². The van der Waals surface area contributed by atoms with Crippen molar-refractivity contribution in [2.45, 2.75) is 20.3 Å². The maximum Gasteiger partial charge on any atom is 0.255 e. The Bertz CT molecular complexity index is 1250. The third kappa shape index (κ3) is 5.09. The number of carbonyl (C=O) groups is 3. The maximum absolute atomic E-state index is 12.9. The minimum Gasteiger partial charge on any atom is -0.497 e. The molecule has 0 aliphatic carbocycles. The first-order valence-electron chi connectivity index (χ1n) is 11.1. The van der Waals surface area contributed by atoms with Gasteiger partial charge in [-0.3, -0.25) is 14.4 Å². The summed E-state index contributed by atoms with van der Waals surface area (Å²) in [5, 5.41) is 5.77. The van der Waals surface area contributed by atoms with Crippen LogP contribution in [-0.2, 0) is 9.59 Å². The van der Waals surface area contributed by atoms with Crippen LogP contribution >= 0.6 is 0 Å². The van der Waals surface area contributed by atoms with Crippen molar-refractivity contribution in [1.29, 1.82) is 0 Å². The Kier molecular flexibility index (Phi) is 6.63. The van der Waals surface area contributed by atoms with E-state index in [9.17, 15) is 14.4 Å². The number of ether oxygens (including phenoxy) is 1. The fraction of sp³-hybridized carbons (Fsp3) is 0.222. The lowest BCUT2D eigenvalue weighted by atomic mass is 10.1. The lowest BCUT2D eigenvalue weighted by Gasteiger charge is -2.17. The van der Waals surface area contributed by atoms with Crippen LogP contribution < -0.4 is 20.3 Å². The fourth-order valence-corrected chi connectivity index (χ4v) is 4.04. The number of rotatable bonds is 6. The minimum atomic E-state index is -0.494. The van der Waals surface area contributed by atoms with Gasteiger partial charge in [0.2, 0.25) is 11.8 Å². The van der Waals surface area contributed by atoms with Gasteiger partial charge in [-0.2, -0.15) is 0 Å². The van der Waals surface area contributed by atoms with Crippen LogP contribution in [0, 0.1) is 19.8 Å². The number of nitrogens with one attached hydrogen (secondary N) is 2. The van der Waals surface area contributed by atoms with E-state index in [1.54, 1.807) is 48.4 Å². The fourth-order valence-electron chi connectivity index (χ4n) is 4.04. The first-order chi connectivity index (χ1) is 16.3. The zero-order chi connectivity index (χ0) is 24.2. The molecule has 1 aliphatic heterocycles. The highest BCUT2D eigenvalue weighted by Crippen LogP contribution is 2.28. The van der Waals surface area contributed by atoms with Gasteiger partial charge in [0.15, 0.2) is 0 Å². The zero-order valence-electron chi connectivity index (χ0n) is 19.4. The summed E-state index contributed by atoms with van der Waals surface area (Å²) in [5.74, 6) is -0.482. The lowest BCUT2D eigenvalue weighted by molar-refractivity contribution is -0.122. The van der Waals surface area contributed by atoms with Gasteiger partial charge in [0, 0.05) is 41.7 Å². The topological polar surface area (TPSA) is 87.7 Å². The predicted octanol–water partition coefficient (Wildman–Crippen LogP) is 4.56. The van der Waals surface area contributed by atoms with E-state index in [1.165, 1.54) is 0 Å². The van der Waals surface area contributed by atoms with E-state index < -0.39 is 5.92 Å². The Hall–Kier alpha value is -4.13. The zero-order valence-corrected chi connectivity index (χ0v) is 19.4. The van der Waals surface area contributed by atoms with Crippen molar-refractivity contribution in [1.82, 2.24) is 0 Å². The van der Waals surface area contributed by atoms with Crippen molar-refractivity contribution in [2.75, 3.05) is 29.2 Å². The van der Waals surface area contributed by atoms with Crippen molar-refractivity contribution in [3.8, 4) is 5.75 Å². The number of hydrogen-bond donors (Lipinski definition) is 2. The van der Waals surface area contributed by atoms with Crippen LogP contribution in [0.2, 0.25) is 0 Å². The van der Waals surface area contributed by atoms with E-state index in [-0.39, 0.29) is 30.7 Å². The third-order valence-electron chi connectivity index (χ3n) is 5.88. The predicted molar refractivity (Wildman–Crippen MR) is 132 cm³/mol. The summed E-state index contributed by atoms with van der Waals surface area (Å²) < 4.78 is 5.23. The molecule has 0 bridgehead atoms. The van der Waals surface area contributed by atoms with E-state index in [0.29, 0.717) is 22.7 Å². The van der Waals surface area contributed by atoms with Crippen LogP contribution in [0.5, 0.6) is 5.75 Å². The monoisotopic (exact) mass is 457 g/mol. The summed E-state index contributed by atoms with van der Waals surface area (Å²) in [5.41, 5.74) is 4.47. The molecule has 1 fully saturated rings.